The van der Waals surface area contributed by atoms with Gasteiger partial charge < -0.3 is 29.7 Å². The number of benzene rings is 1. The van der Waals surface area contributed by atoms with Gasteiger partial charge in [-0.3, -0.25) is 19.1 Å². The maximum Gasteiger partial charge on any atom is 0.425 e. The number of fused-ring (bicyclic) bond motifs is 3. The molecule has 1 aromatic heterocycles. The van der Waals surface area contributed by atoms with Gasteiger partial charge in [0.1, 0.15) is 35.3 Å². The third-order valence-corrected chi connectivity index (χ3v) is 13.7. The minimum Gasteiger partial charge on any atom is -0.496 e. The quantitative estimate of drug-likeness (QED) is 0.250. The highest BCUT2D eigenvalue weighted by atomic mass is 32.2. The molecule has 3 N–H and O–H groups in total. The van der Waals surface area contributed by atoms with E-state index in [4.69, 9.17) is 9.47 Å². The minimum absolute atomic E-state index is 0.0468. The van der Waals surface area contributed by atoms with Gasteiger partial charge in [-0.2, -0.15) is 13.2 Å². The Morgan fingerprint density at radius 2 is 1.84 bits per heavy atom. The number of nitrogens with one attached hydrogen (secondary N) is 3. The van der Waals surface area contributed by atoms with Crippen molar-refractivity contribution in [3.8, 4) is 11.6 Å². The average molecular weight is 826 g/mol. The first-order chi connectivity index (χ1) is 26.7. The maximum absolute atomic E-state index is 14.7. The zero-order valence-corrected chi connectivity index (χ0v) is 33.0. The molecule has 1 aromatic carbocycles. The summed E-state index contributed by atoms with van der Waals surface area (Å²) in [5.74, 6) is -4.41. The largest absolute Gasteiger partial charge is 0.496 e. The summed E-state index contributed by atoms with van der Waals surface area (Å²) >= 11 is 0. The summed E-state index contributed by atoms with van der Waals surface area (Å²) in [5.41, 5.74) is -1.68. The lowest BCUT2D eigenvalue weighted by Gasteiger charge is -2.33. The second kappa shape index (κ2) is 15.6. The van der Waals surface area contributed by atoms with Crippen LogP contribution in [-0.2, 0) is 29.1 Å². The van der Waals surface area contributed by atoms with Crippen LogP contribution in [0.15, 0.2) is 36.5 Å². The lowest BCUT2D eigenvalue weighted by Crippen LogP contribution is -2.59. The van der Waals surface area contributed by atoms with Crippen LogP contribution in [0.2, 0.25) is 0 Å². The van der Waals surface area contributed by atoms with Crippen molar-refractivity contribution in [3.05, 3.63) is 42.4 Å². The standard InChI is InChI=1S/C38H47F4N5O9S/c1-20-8-6-7-9-23-18-37(23,34(50)46-57(52,53)36(4)11-12-36)45-31(48)28-17-25(56-32-27-15-24(39)16-29(54-5)26(27)10-13-43-32)19-47(28)33(49)30(21(2)14-20)44-35(51)55-22(3)38(40,41)42/h7,9-10,13,15-16,20-23,25,28,30H,6,8,11-12,14,17-19H2,1-5H3,(H,44,51)(H,45,48)(H,46,50). The molecule has 0 bridgehead atoms. The van der Waals surface area contributed by atoms with Crippen molar-refractivity contribution in [3.63, 3.8) is 0 Å². The second-order valence-corrected chi connectivity index (χ2v) is 18.2. The molecule has 19 heteroatoms. The number of aromatic nitrogens is 1. The van der Waals surface area contributed by atoms with Gasteiger partial charge in [0.05, 0.1) is 23.8 Å². The van der Waals surface area contributed by atoms with E-state index in [2.05, 4.69) is 25.1 Å². The van der Waals surface area contributed by atoms with Crippen LogP contribution in [0.25, 0.3) is 10.8 Å². The predicted molar refractivity (Wildman–Crippen MR) is 197 cm³/mol. The molecular formula is C38H47F4N5O9S. The maximum atomic E-state index is 14.7. The monoisotopic (exact) mass is 825 g/mol. The molecule has 3 heterocycles. The van der Waals surface area contributed by atoms with Crippen LogP contribution in [0.1, 0.15) is 72.6 Å². The van der Waals surface area contributed by atoms with Gasteiger partial charge in [0.15, 0.2) is 6.10 Å². The number of alkyl halides is 3. The Kier molecular flexibility index (Phi) is 11.5. The van der Waals surface area contributed by atoms with E-state index in [0.29, 0.717) is 44.4 Å². The number of nitrogens with zero attached hydrogens (tertiary/aromatic N) is 2. The number of pyridine rings is 1. The van der Waals surface area contributed by atoms with E-state index in [1.54, 1.807) is 19.1 Å². The molecule has 0 spiro atoms. The van der Waals surface area contributed by atoms with Gasteiger partial charge in [-0.1, -0.05) is 26.0 Å². The molecule has 4 amide bonds. The SMILES string of the molecule is COc1cc(F)cc2c(OC3CC4C(=O)NC5(C(=O)NS(=O)(=O)C6(C)CC6)CC5C=CCCC(C)CC(C)C(NC(=O)OC(C)C(F)(F)F)C(=O)N4C3)nccc12. The number of rotatable bonds is 8. The fourth-order valence-electron chi connectivity index (χ4n) is 7.60. The number of carbonyl (C=O) groups excluding carboxylic acids is 4. The summed E-state index contributed by atoms with van der Waals surface area (Å²) in [6, 6.07) is 1.09. The lowest BCUT2D eigenvalue weighted by atomic mass is 9.88. The fraction of sp³-hybridized carbons (Fsp3) is 0.605. The molecule has 312 valence electrons. The summed E-state index contributed by atoms with van der Waals surface area (Å²) < 4.78 is 98.2. The van der Waals surface area contributed by atoms with Crippen LogP contribution in [0.5, 0.6) is 11.6 Å². The fourth-order valence-corrected chi connectivity index (χ4v) is 8.91. The minimum atomic E-state index is -4.87. The van der Waals surface area contributed by atoms with Crippen molar-refractivity contribution in [2.75, 3.05) is 13.7 Å². The molecule has 0 radical (unpaired) electrons. The zero-order chi connectivity index (χ0) is 41.7. The molecule has 14 nitrogen and oxygen atoms in total. The molecule has 4 aliphatic rings. The molecule has 8 unspecified atom stereocenters. The molecule has 8 atom stereocenters. The number of hydrogen-bond donors (Lipinski definition) is 3. The number of methoxy groups -OCH3 is 1. The summed E-state index contributed by atoms with van der Waals surface area (Å²) in [6.07, 6.45) is -2.82. The summed E-state index contributed by atoms with van der Waals surface area (Å²) in [5, 5.41) is 5.75. The Morgan fingerprint density at radius 3 is 2.51 bits per heavy atom. The molecule has 57 heavy (non-hydrogen) atoms. The highest BCUT2D eigenvalue weighted by molar-refractivity contribution is 7.91. The smallest absolute Gasteiger partial charge is 0.425 e. The molecule has 2 aliphatic heterocycles. The van der Waals surface area contributed by atoms with E-state index >= 15 is 0 Å². The Hall–Kier alpha value is -4.68. The number of ether oxygens (including phenoxy) is 3. The van der Waals surface area contributed by atoms with Crippen molar-refractivity contribution in [1.29, 1.82) is 0 Å². The van der Waals surface area contributed by atoms with Crippen molar-refractivity contribution in [1.82, 2.24) is 25.2 Å². The van der Waals surface area contributed by atoms with Gasteiger partial charge in [0.2, 0.25) is 27.7 Å². The van der Waals surface area contributed by atoms with E-state index in [0.717, 1.165) is 4.90 Å². The van der Waals surface area contributed by atoms with E-state index in [1.165, 1.54) is 32.4 Å². The Morgan fingerprint density at radius 1 is 1.12 bits per heavy atom. The number of amides is 4. The van der Waals surface area contributed by atoms with E-state index in [9.17, 15) is 45.2 Å². The van der Waals surface area contributed by atoms with Crippen LogP contribution in [0.4, 0.5) is 22.4 Å². The molecule has 2 saturated carbocycles. The van der Waals surface area contributed by atoms with Gasteiger partial charge in [-0.15, -0.1) is 0 Å². The summed E-state index contributed by atoms with van der Waals surface area (Å²) in [6.45, 7) is 5.43. The molecular weight excluding hydrogens is 779 g/mol. The Labute approximate surface area is 327 Å². The molecule has 2 aliphatic carbocycles. The van der Waals surface area contributed by atoms with Crippen molar-refractivity contribution < 1.29 is 59.4 Å². The van der Waals surface area contributed by atoms with Crippen LogP contribution in [0, 0.1) is 23.6 Å². The van der Waals surface area contributed by atoms with Gasteiger partial charge in [-0.05, 0) is 76.3 Å². The van der Waals surface area contributed by atoms with Crippen molar-refractivity contribution in [2.45, 2.75) is 113 Å². The van der Waals surface area contributed by atoms with E-state index < -0.39 is 92.2 Å². The summed E-state index contributed by atoms with van der Waals surface area (Å²) in [7, 11) is -2.74. The normalized spacial score (nSPS) is 29.5. The summed E-state index contributed by atoms with van der Waals surface area (Å²) in [4.78, 5) is 61.2. The van der Waals surface area contributed by atoms with E-state index in [-0.39, 0.29) is 42.3 Å². The lowest BCUT2D eigenvalue weighted by molar-refractivity contribution is -0.197. The van der Waals surface area contributed by atoms with Gasteiger partial charge in [-0.25, -0.2) is 22.6 Å². The highest BCUT2D eigenvalue weighted by Gasteiger charge is 2.63. The van der Waals surface area contributed by atoms with Gasteiger partial charge in [0.25, 0.3) is 5.91 Å². The van der Waals surface area contributed by atoms with Crippen molar-refractivity contribution >= 4 is 44.6 Å². The van der Waals surface area contributed by atoms with Crippen LogP contribution >= 0.6 is 0 Å². The molecule has 2 aromatic rings. The topological polar surface area (TPSA) is 182 Å². The highest BCUT2D eigenvalue weighted by Crippen LogP contribution is 2.48. The average Bonchev–Trinajstić information content (AvgIpc) is 4.01. The second-order valence-electron chi connectivity index (χ2n) is 16.0. The Bertz CT molecular complexity index is 2060. The molecule has 6 rings (SSSR count). The first-order valence-electron chi connectivity index (χ1n) is 18.9. The van der Waals surface area contributed by atoms with Gasteiger partial charge >= 0.3 is 12.3 Å². The molecule has 1 saturated heterocycles. The van der Waals surface area contributed by atoms with Crippen LogP contribution < -0.4 is 24.8 Å². The zero-order valence-electron chi connectivity index (χ0n) is 32.2. The Balaban J connectivity index is 1.36. The van der Waals surface area contributed by atoms with E-state index in [1.807, 2.05) is 13.0 Å². The third-order valence-electron chi connectivity index (χ3n) is 11.5. The number of hydrogen-bond acceptors (Lipinski definition) is 10. The first-order valence-corrected chi connectivity index (χ1v) is 20.3. The number of halogens is 4. The van der Waals surface area contributed by atoms with Gasteiger partial charge in [0, 0.05) is 30.0 Å². The van der Waals surface area contributed by atoms with Crippen molar-refractivity contribution in [2.24, 2.45) is 17.8 Å². The number of allylic oxidation sites excluding steroid dienone is 1. The first kappa shape index (κ1) is 41.9. The molecule has 3 fully saturated rings. The number of alkyl carbamates (subject to hydrolysis) is 1. The third kappa shape index (κ3) is 8.77. The number of sulfonamides is 1. The van der Waals surface area contributed by atoms with Crippen LogP contribution in [-0.4, -0.2) is 96.5 Å². The van der Waals surface area contributed by atoms with Crippen LogP contribution in [0.3, 0.4) is 0 Å². The number of carbonyl (C=O) groups is 4. The predicted octanol–water partition coefficient (Wildman–Crippen LogP) is 4.66.